The summed E-state index contributed by atoms with van der Waals surface area (Å²) in [7, 11) is 1.62. The highest BCUT2D eigenvalue weighted by Gasteiger charge is 2.29. The average molecular weight is 284 g/mol. The first-order chi connectivity index (χ1) is 8.79. The van der Waals surface area contributed by atoms with Crippen LogP contribution in [0, 0.1) is 10.1 Å². The number of hydrazine groups is 2. The molecule has 1 aliphatic rings. The van der Waals surface area contributed by atoms with Gasteiger partial charge in [0.25, 0.3) is 0 Å². The van der Waals surface area contributed by atoms with Crippen molar-refractivity contribution < 1.29 is 4.92 Å². The zero-order valence-corrected chi connectivity index (χ0v) is 12.0. The molecular formula is C10H16N6O2S. The number of nitrogens with zero attached hydrogens (tertiary/aromatic N) is 4. The fourth-order valence-corrected chi connectivity index (χ4v) is 2.24. The maximum atomic E-state index is 10.8. The quantitative estimate of drug-likeness (QED) is 0.492. The average Bonchev–Trinajstić information content (AvgIpc) is 2.82. The summed E-state index contributed by atoms with van der Waals surface area (Å²) in [6.45, 7) is 6.07. The molecule has 0 saturated carbocycles. The summed E-state index contributed by atoms with van der Waals surface area (Å²) in [5.41, 5.74) is 3.84. The Balaban J connectivity index is 2.28. The van der Waals surface area contributed by atoms with E-state index in [4.69, 9.17) is 0 Å². The van der Waals surface area contributed by atoms with Crippen LogP contribution in [0.25, 0.3) is 5.70 Å². The fraction of sp³-hybridized carbons (Fsp3) is 0.500. The van der Waals surface area contributed by atoms with E-state index in [-0.39, 0.29) is 11.4 Å². The van der Waals surface area contributed by atoms with Crippen LogP contribution < -0.4 is 10.3 Å². The molecule has 19 heavy (non-hydrogen) atoms. The van der Waals surface area contributed by atoms with Crippen molar-refractivity contribution in [3.63, 3.8) is 0 Å². The molecule has 0 spiro atoms. The Morgan fingerprint density at radius 1 is 1.53 bits per heavy atom. The molecule has 0 bridgehead atoms. The van der Waals surface area contributed by atoms with E-state index in [2.05, 4.69) is 15.2 Å². The number of hydrogen-bond donors (Lipinski definition) is 2. The van der Waals surface area contributed by atoms with E-state index in [1.807, 2.05) is 26.2 Å². The normalized spacial score (nSPS) is 15.8. The SMILES string of the molecule is Cn1c([N+](=O)[O-])cnc1C1=CSNN1NC(C)(C)C. The van der Waals surface area contributed by atoms with Crippen molar-refractivity contribution in [2.24, 2.45) is 7.05 Å². The predicted octanol–water partition coefficient (Wildman–Crippen LogP) is 1.40. The Kier molecular flexibility index (Phi) is 3.52. The molecule has 8 nitrogen and oxygen atoms in total. The minimum atomic E-state index is -0.450. The summed E-state index contributed by atoms with van der Waals surface area (Å²) < 4.78 is 1.46. The minimum absolute atomic E-state index is 0.0384. The Bertz CT molecular complexity index is 533. The van der Waals surface area contributed by atoms with Crippen LogP contribution in [0.5, 0.6) is 0 Å². The Morgan fingerprint density at radius 2 is 2.21 bits per heavy atom. The molecule has 2 heterocycles. The van der Waals surface area contributed by atoms with Crippen LogP contribution in [0.2, 0.25) is 0 Å². The van der Waals surface area contributed by atoms with Crippen LogP contribution in [0.3, 0.4) is 0 Å². The lowest BCUT2D eigenvalue weighted by atomic mass is 10.1. The Hall–Kier alpha value is -1.58. The van der Waals surface area contributed by atoms with E-state index in [1.165, 1.54) is 22.7 Å². The highest BCUT2D eigenvalue weighted by Crippen LogP contribution is 2.27. The van der Waals surface area contributed by atoms with Gasteiger partial charge in [0, 0.05) is 10.9 Å². The molecule has 1 aromatic rings. The van der Waals surface area contributed by atoms with Gasteiger partial charge in [-0.2, -0.15) is 4.83 Å². The molecule has 1 aliphatic heterocycles. The molecule has 2 rings (SSSR count). The van der Waals surface area contributed by atoms with E-state index < -0.39 is 4.92 Å². The molecule has 0 atom stereocenters. The molecule has 1 aromatic heterocycles. The molecule has 0 saturated heterocycles. The van der Waals surface area contributed by atoms with Gasteiger partial charge in [-0.15, -0.1) is 0 Å². The zero-order chi connectivity index (χ0) is 14.2. The van der Waals surface area contributed by atoms with Crippen LogP contribution in [-0.4, -0.2) is 25.1 Å². The molecule has 0 aromatic carbocycles. The molecule has 0 unspecified atom stereocenters. The monoisotopic (exact) mass is 284 g/mol. The van der Waals surface area contributed by atoms with Crippen molar-refractivity contribution in [2.45, 2.75) is 26.3 Å². The highest BCUT2D eigenvalue weighted by atomic mass is 32.2. The number of nitrogens with one attached hydrogen (secondary N) is 2. The largest absolute Gasteiger partial charge is 0.358 e. The van der Waals surface area contributed by atoms with Crippen molar-refractivity contribution >= 4 is 23.5 Å². The van der Waals surface area contributed by atoms with Crippen molar-refractivity contribution in [2.75, 3.05) is 0 Å². The molecule has 0 amide bonds. The smallest absolute Gasteiger partial charge is 0.342 e. The maximum absolute atomic E-state index is 10.8. The molecule has 2 N–H and O–H groups in total. The number of nitro groups is 1. The van der Waals surface area contributed by atoms with Crippen molar-refractivity contribution in [3.05, 3.63) is 27.5 Å². The maximum Gasteiger partial charge on any atom is 0.342 e. The predicted molar refractivity (Wildman–Crippen MR) is 73.3 cm³/mol. The van der Waals surface area contributed by atoms with Crippen LogP contribution in [0.1, 0.15) is 26.6 Å². The topological polar surface area (TPSA) is 88.3 Å². The van der Waals surface area contributed by atoms with E-state index in [9.17, 15) is 10.1 Å². The number of hydrogen-bond acceptors (Lipinski definition) is 7. The molecule has 0 aliphatic carbocycles. The lowest BCUT2D eigenvalue weighted by Crippen LogP contribution is -2.51. The summed E-state index contributed by atoms with van der Waals surface area (Å²) in [6.07, 6.45) is 1.26. The summed E-state index contributed by atoms with van der Waals surface area (Å²) >= 11 is 1.38. The second kappa shape index (κ2) is 4.83. The van der Waals surface area contributed by atoms with Crippen molar-refractivity contribution in [1.29, 1.82) is 0 Å². The van der Waals surface area contributed by atoms with Gasteiger partial charge in [-0.25, -0.2) is 20.1 Å². The second-order valence-electron chi connectivity index (χ2n) is 5.17. The van der Waals surface area contributed by atoms with Crippen molar-refractivity contribution in [3.8, 4) is 0 Å². The number of rotatable bonds is 3. The van der Waals surface area contributed by atoms with Crippen LogP contribution in [-0.2, 0) is 7.05 Å². The lowest BCUT2D eigenvalue weighted by molar-refractivity contribution is -0.391. The number of aromatic nitrogens is 2. The molecule has 9 heteroatoms. The van der Waals surface area contributed by atoms with Crippen LogP contribution in [0.4, 0.5) is 5.82 Å². The minimum Gasteiger partial charge on any atom is -0.358 e. The van der Waals surface area contributed by atoms with E-state index in [0.717, 1.165) is 5.70 Å². The first-order valence-corrected chi connectivity index (χ1v) is 6.53. The fourth-order valence-electron chi connectivity index (χ4n) is 1.62. The van der Waals surface area contributed by atoms with Gasteiger partial charge in [0.05, 0.1) is 7.05 Å². The third-order valence-corrected chi connectivity index (χ3v) is 3.01. The van der Waals surface area contributed by atoms with Gasteiger partial charge in [-0.1, -0.05) is 0 Å². The number of imidazole rings is 1. The first-order valence-electron chi connectivity index (χ1n) is 5.65. The highest BCUT2D eigenvalue weighted by molar-refractivity contribution is 8.00. The summed E-state index contributed by atoms with van der Waals surface area (Å²) in [4.78, 5) is 17.6. The zero-order valence-electron chi connectivity index (χ0n) is 11.2. The van der Waals surface area contributed by atoms with E-state index >= 15 is 0 Å². The Labute approximate surface area is 115 Å². The van der Waals surface area contributed by atoms with E-state index in [1.54, 1.807) is 12.2 Å². The summed E-state index contributed by atoms with van der Waals surface area (Å²) in [6, 6.07) is 0. The van der Waals surface area contributed by atoms with Crippen LogP contribution >= 0.6 is 11.9 Å². The third-order valence-electron chi connectivity index (χ3n) is 2.38. The van der Waals surface area contributed by atoms with Gasteiger partial charge < -0.3 is 10.1 Å². The molecular weight excluding hydrogens is 268 g/mol. The van der Waals surface area contributed by atoms with Crippen molar-refractivity contribution in [1.82, 2.24) is 24.9 Å². The van der Waals surface area contributed by atoms with Gasteiger partial charge in [0.2, 0.25) is 5.82 Å². The molecule has 104 valence electrons. The van der Waals surface area contributed by atoms with Gasteiger partial charge in [-0.3, -0.25) is 0 Å². The Morgan fingerprint density at radius 3 is 2.74 bits per heavy atom. The first kappa shape index (κ1) is 13.8. The lowest BCUT2D eigenvalue weighted by Gasteiger charge is -2.29. The van der Waals surface area contributed by atoms with Gasteiger partial charge in [-0.05, 0) is 37.6 Å². The molecule has 0 radical (unpaired) electrons. The molecule has 0 fully saturated rings. The summed E-state index contributed by atoms with van der Waals surface area (Å²) in [5, 5.41) is 14.4. The summed E-state index contributed by atoms with van der Waals surface area (Å²) in [5.74, 6) is 0.490. The van der Waals surface area contributed by atoms with Gasteiger partial charge in [0.1, 0.15) is 11.9 Å². The van der Waals surface area contributed by atoms with Crippen LogP contribution in [0.15, 0.2) is 11.6 Å². The van der Waals surface area contributed by atoms with E-state index in [0.29, 0.717) is 5.82 Å². The van der Waals surface area contributed by atoms with Gasteiger partial charge in [0.15, 0.2) is 0 Å². The second-order valence-corrected chi connectivity index (χ2v) is 5.82. The van der Waals surface area contributed by atoms with Gasteiger partial charge >= 0.3 is 5.82 Å². The third kappa shape index (κ3) is 2.88. The standard InChI is InChI=1S/C10H16N6O2S/c1-10(2,3)12-15-7(6-19-13-15)9-11-5-8(14(9)4)16(17)18/h5-6,12-13H,1-4H3.